The van der Waals surface area contributed by atoms with E-state index in [0.717, 1.165) is 12.1 Å². The zero-order valence-corrected chi connectivity index (χ0v) is 15.2. The van der Waals surface area contributed by atoms with Crippen molar-refractivity contribution in [1.29, 1.82) is 0 Å². The second-order valence-corrected chi connectivity index (χ2v) is 6.18. The first-order chi connectivity index (χ1) is 13.5. The van der Waals surface area contributed by atoms with Crippen LogP contribution in [0.4, 0.5) is 8.78 Å². The third-order valence-corrected chi connectivity index (χ3v) is 4.16. The fourth-order valence-electron chi connectivity index (χ4n) is 2.79. The summed E-state index contributed by atoms with van der Waals surface area (Å²) in [6.45, 7) is 1.86. The highest BCUT2D eigenvalue weighted by molar-refractivity contribution is 5.89. The van der Waals surface area contributed by atoms with E-state index in [4.69, 9.17) is 4.74 Å². The lowest BCUT2D eigenvalue weighted by Crippen LogP contribution is -2.19. The van der Waals surface area contributed by atoms with E-state index in [1.54, 1.807) is 25.1 Å². The Morgan fingerprint density at radius 1 is 1.11 bits per heavy atom. The number of benzene rings is 1. The van der Waals surface area contributed by atoms with Crippen molar-refractivity contribution >= 4 is 5.97 Å². The van der Waals surface area contributed by atoms with Gasteiger partial charge < -0.3 is 9.30 Å². The topological polar surface area (TPSA) is 61.2 Å². The van der Waals surface area contributed by atoms with E-state index < -0.39 is 17.6 Å². The number of pyridine rings is 2. The van der Waals surface area contributed by atoms with Gasteiger partial charge in [-0.05, 0) is 42.3 Å². The highest BCUT2D eigenvalue weighted by atomic mass is 19.1. The summed E-state index contributed by atoms with van der Waals surface area (Å²) in [5.74, 6) is -1.73. The van der Waals surface area contributed by atoms with E-state index in [1.807, 2.05) is 0 Å². The zero-order valence-electron chi connectivity index (χ0n) is 15.2. The molecular formula is C21H18F2N2O3. The van der Waals surface area contributed by atoms with E-state index >= 15 is 0 Å². The van der Waals surface area contributed by atoms with Crippen molar-refractivity contribution in [3.05, 3.63) is 99.2 Å². The average molecular weight is 384 g/mol. The lowest BCUT2D eigenvalue weighted by Gasteiger charge is -2.10. The Balaban J connectivity index is 1.83. The molecule has 0 aliphatic rings. The predicted molar refractivity (Wildman–Crippen MR) is 99.2 cm³/mol. The molecule has 2 aromatic heterocycles. The second-order valence-electron chi connectivity index (χ2n) is 6.18. The fourth-order valence-corrected chi connectivity index (χ4v) is 2.79. The number of halogens is 2. The predicted octanol–water partition coefficient (Wildman–Crippen LogP) is 3.34. The number of aromatic nitrogens is 2. The summed E-state index contributed by atoms with van der Waals surface area (Å²) < 4.78 is 35.2. The summed E-state index contributed by atoms with van der Waals surface area (Å²) in [4.78, 5) is 27.5. The molecule has 7 heteroatoms. The number of carbonyl (C=O) groups is 1. The van der Waals surface area contributed by atoms with Crippen molar-refractivity contribution in [3.8, 4) is 0 Å². The van der Waals surface area contributed by atoms with Crippen LogP contribution < -0.4 is 5.56 Å². The molecule has 0 aliphatic carbocycles. The first-order valence-electron chi connectivity index (χ1n) is 8.71. The third-order valence-electron chi connectivity index (χ3n) is 4.16. The molecule has 3 aromatic rings. The summed E-state index contributed by atoms with van der Waals surface area (Å²) in [5.41, 5.74) is 0.710. The largest absolute Gasteiger partial charge is 0.462 e. The number of hydrogen-bond acceptors (Lipinski definition) is 4. The van der Waals surface area contributed by atoms with Gasteiger partial charge in [0, 0.05) is 36.6 Å². The van der Waals surface area contributed by atoms with E-state index in [-0.39, 0.29) is 41.8 Å². The molecule has 1 aromatic carbocycles. The average Bonchev–Trinajstić information content (AvgIpc) is 2.68. The van der Waals surface area contributed by atoms with Crippen LogP contribution in [-0.2, 0) is 17.7 Å². The molecule has 3 rings (SSSR count). The number of esters is 1. The summed E-state index contributed by atoms with van der Waals surface area (Å²) in [7, 11) is 0. The molecule has 0 spiro atoms. The smallest absolute Gasteiger partial charge is 0.339 e. The molecule has 0 saturated carbocycles. The number of hydrogen-bond donors (Lipinski definition) is 0. The number of carbonyl (C=O) groups excluding carboxylic acids is 1. The number of nitrogens with zero attached hydrogens (tertiary/aromatic N) is 2. The monoisotopic (exact) mass is 384 g/mol. The van der Waals surface area contributed by atoms with Crippen molar-refractivity contribution < 1.29 is 18.3 Å². The summed E-state index contributed by atoms with van der Waals surface area (Å²) in [6, 6.07) is 8.32. The Bertz CT molecular complexity index is 1060. The Morgan fingerprint density at radius 2 is 1.86 bits per heavy atom. The zero-order chi connectivity index (χ0) is 20.1. The summed E-state index contributed by atoms with van der Waals surface area (Å²) >= 11 is 0. The van der Waals surface area contributed by atoms with Crippen LogP contribution in [0.1, 0.15) is 34.0 Å². The Labute approximate surface area is 160 Å². The van der Waals surface area contributed by atoms with Crippen LogP contribution in [0.25, 0.3) is 0 Å². The summed E-state index contributed by atoms with van der Waals surface area (Å²) in [5, 5.41) is 0. The van der Waals surface area contributed by atoms with E-state index in [0.29, 0.717) is 5.56 Å². The van der Waals surface area contributed by atoms with Gasteiger partial charge in [0.25, 0.3) is 5.56 Å². The van der Waals surface area contributed by atoms with Gasteiger partial charge >= 0.3 is 5.97 Å². The van der Waals surface area contributed by atoms with Gasteiger partial charge in [-0.1, -0.05) is 6.07 Å². The normalized spacial score (nSPS) is 10.7. The Hall–Kier alpha value is -3.35. The lowest BCUT2D eigenvalue weighted by molar-refractivity contribution is 0.0525. The van der Waals surface area contributed by atoms with Gasteiger partial charge in [-0.15, -0.1) is 0 Å². The molecule has 0 atom stereocenters. The van der Waals surface area contributed by atoms with Gasteiger partial charge in [-0.25, -0.2) is 13.6 Å². The van der Waals surface area contributed by atoms with Crippen molar-refractivity contribution in [2.75, 3.05) is 6.61 Å². The van der Waals surface area contributed by atoms with E-state index in [9.17, 15) is 18.4 Å². The van der Waals surface area contributed by atoms with Crippen LogP contribution >= 0.6 is 0 Å². The molecule has 0 fully saturated rings. The van der Waals surface area contributed by atoms with Crippen LogP contribution in [-0.4, -0.2) is 22.1 Å². The van der Waals surface area contributed by atoms with Crippen molar-refractivity contribution in [3.63, 3.8) is 0 Å². The molecule has 0 amide bonds. The van der Waals surface area contributed by atoms with Crippen molar-refractivity contribution in [2.24, 2.45) is 0 Å². The maximum Gasteiger partial charge on any atom is 0.339 e. The van der Waals surface area contributed by atoms with Crippen LogP contribution in [0.5, 0.6) is 0 Å². The highest BCUT2D eigenvalue weighted by Gasteiger charge is 2.13. The minimum absolute atomic E-state index is 0.0641. The molecule has 0 saturated heterocycles. The first-order valence-corrected chi connectivity index (χ1v) is 8.71. The van der Waals surface area contributed by atoms with Crippen LogP contribution in [0.3, 0.4) is 0 Å². The quantitative estimate of drug-likeness (QED) is 0.612. The van der Waals surface area contributed by atoms with E-state index in [2.05, 4.69) is 4.98 Å². The molecule has 0 aliphatic heterocycles. The Morgan fingerprint density at radius 3 is 2.61 bits per heavy atom. The van der Waals surface area contributed by atoms with Gasteiger partial charge in [0.15, 0.2) is 0 Å². The van der Waals surface area contributed by atoms with Gasteiger partial charge in [-0.3, -0.25) is 9.78 Å². The lowest BCUT2D eigenvalue weighted by atomic mass is 10.0. The van der Waals surface area contributed by atoms with Gasteiger partial charge in [0.1, 0.15) is 11.6 Å². The summed E-state index contributed by atoms with van der Waals surface area (Å²) in [6.07, 6.45) is 4.42. The molecule has 144 valence electrons. The first kappa shape index (κ1) is 19.4. The van der Waals surface area contributed by atoms with Crippen molar-refractivity contribution in [1.82, 2.24) is 9.55 Å². The van der Waals surface area contributed by atoms with Gasteiger partial charge in [0.05, 0.1) is 18.7 Å². The van der Waals surface area contributed by atoms with Crippen LogP contribution in [0.15, 0.2) is 59.8 Å². The second kappa shape index (κ2) is 8.56. The number of rotatable bonds is 6. The molecule has 0 unspecified atom stereocenters. The molecule has 0 bridgehead atoms. The molecular weight excluding hydrogens is 366 g/mol. The molecule has 0 N–H and O–H groups in total. The SMILES string of the molecule is CCOC(=O)c1cncc(Cc2cc(F)c(Cn3ccccc3=O)cc2F)c1. The Kier molecular flexibility index (Phi) is 5.93. The molecule has 0 radical (unpaired) electrons. The van der Waals surface area contributed by atoms with E-state index in [1.165, 1.54) is 29.2 Å². The fraction of sp³-hybridized carbons (Fsp3) is 0.190. The molecule has 5 nitrogen and oxygen atoms in total. The van der Waals surface area contributed by atoms with Gasteiger partial charge in [-0.2, -0.15) is 0 Å². The van der Waals surface area contributed by atoms with Gasteiger partial charge in [0.2, 0.25) is 0 Å². The maximum absolute atomic E-state index is 14.5. The molecule has 28 heavy (non-hydrogen) atoms. The minimum Gasteiger partial charge on any atom is -0.462 e. The van der Waals surface area contributed by atoms with Crippen LogP contribution in [0.2, 0.25) is 0 Å². The third kappa shape index (κ3) is 4.49. The van der Waals surface area contributed by atoms with Crippen LogP contribution in [0, 0.1) is 11.6 Å². The minimum atomic E-state index is -0.610. The maximum atomic E-state index is 14.5. The standard InChI is InChI=1S/C21H18F2N2O3/c1-2-28-21(27)16-8-14(11-24-12-16)7-15-9-19(23)17(10-18(15)22)13-25-6-4-3-5-20(25)26/h3-6,8-12H,2,7,13H2,1H3. The molecule has 2 heterocycles. The number of ether oxygens (including phenoxy) is 1. The highest BCUT2D eigenvalue weighted by Crippen LogP contribution is 2.19. The van der Waals surface area contributed by atoms with Crippen molar-refractivity contribution in [2.45, 2.75) is 19.9 Å².